The van der Waals surface area contributed by atoms with Crippen LogP contribution >= 0.6 is 0 Å². The van der Waals surface area contributed by atoms with E-state index in [-0.39, 0.29) is 16.7 Å². The zero-order chi connectivity index (χ0) is 15.2. The van der Waals surface area contributed by atoms with Gasteiger partial charge in [-0.1, -0.05) is 19.9 Å². The predicted molar refractivity (Wildman–Crippen MR) is 82.5 cm³/mol. The monoisotopic (exact) mass is 292 g/mol. The number of benzene rings is 1. The Bertz CT molecular complexity index is 482. The van der Waals surface area contributed by atoms with E-state index in [1.165, 1.54) is 0 Å². The molecule has 0 heterocycles. The van der Waals surface area contributed by atoms with Gasteiger partial charge in [0.25, 0.3) is 0 Å². The fourth-order valence-electron chi connectivity index (χ4n) is 2.60. The van der Waals surface area contributed by atoms with Crippen LogP contribution in [0.1, 0.15) is 45.1 Å². The summed E-state index contributed by atoms with van der Waals surface area (Å²) in [7, 11) is 0. The van der Waals surface area contributed by atoms with Gasteiger partial charge >= 0.3 is 5.69 Å². The lowest BCUT2D eigenvalue weighted by molar-refractivity contribution is -0.386. The number of ether oxygens (including phenoxy) is 1. The van der Waals surface area contributed by atoms with Crippen LogP contribution in [0.2, 0.25) is 0 Å². The molecule has 1 aromatic carbocycles. The first kappa shape index (κ1) is 15.8. The normalized spacial score (nSPS) is 15.6. The Morgan fingerprint density at radius 2 is 2.10 bits per heavy atom. The molecule has 1 aromatic rings. The van der Waals surface area contributed by atoms with Gasteiger partial charge in [-0.2, -0.15) is 0 Å². The maximum atomic E-state index is 11.1. The van der Waals surface area contributed by atoms with Crippen LogP contribution in [-0.2, 0) is 6.54 Å². The van der Waals surface area contributed by atoms with Gasteiger partial charge in [0.15, 0.2) is 5.75 Å². The summed E-state index contributed by atoms with van der Waals surface area (Å²) in [5.41, 5.74) is 1.09. The Hall–Kier alpha value is -1.62. The molecule has 5 nitrogen and oxygen atoms in total. The third-order valence-electron chi connectivity index (χ3n) is 3.70. The van der Waals surface area contributed by atoms with E-state index in [4.69, 9.17) is 4.74 Å². The van der Waals surface area contributed by atoms with Crippen molar-refractivity contribution in [1.29, 1.82) is 0 Å². The molecule has 0 spiro atoms. The second-order valence-corrected chi connectivity index (χ2v) is 6.11. The first-order chi connectivity index (χ1) is 10.1. The summed E-state index contributed by atoms with van der Waals surface area (Å²) in [6.07, 6.45) is 4.41. The van der Waals surface area contributed by atoms with Crippen LogP contribution in [0.5, 0.6) is 5.75 Å². The number of nitrogens with one attached hydrogen (secondary N) is 1. The van der Waals surface area contributed by atoms with E-state index in [0.717, 1.165) is 37.8 Å². The van der Waals surface area contributed by atoms with E-state index in [9.17, 15) is 10.1 Å². The molecule has 0 radical (unpaired) electrons. The van der Waals surface area contributed by atoms with Crippen LogP contribution < -0.4 is 10.1 Å². The Labute approximate surface area is 125 Å². The van der Waals surface area contributed by atoms with Crippen LogP contribution in [0.15, 0.2) is 18.2 Å². The lowest BCUT2D eigenvalue weighted by Gasteiger charge is -2.14. The molecule has 5 heteroatoms. The van der Waals surface area contributed by atoms with E-state index in [0.29, 0.717) is 18.2 Å². The van der Waals surface area contributed by atoms with Crippen molar-refractivity contribution in [3.63, 3.8) is 0 Å². The van der Waals surface area contributed by atoms with Crippen LogP contribution in [0, 0.1) is 16.0 Å². The van der Waals surface area contributed by atoms with Gasteiger partial charge in [-0.3, -0.25) is 10.1 Å². The molecule has 0 saturated heterocycles. The average molecular weight is 292 g/mol. The molecule has 1 aliphatic carbocycles. The van der Waals surface area contributed by atoms with Gasteiger partial charge in [0.1, 0.15) is 0 Å². The van der Waals surface area contributed by atoms with Crippen molar-refractivity contribution in [1.82, 2.24) is 5.32 Å². The van der Waals surface area contributed by atoms with Gasteiger partial charge in [-0.15, -0.1) is 0 Å². The highest BCUT2D eigenvalue weighted by Crippen LogP contribution is 2.32. The number of hydrogen-bond acceptors (Lipinski definition) is 4. The maximum Gasteiger partial charge on any atom is 0.310 e. The summed E-state index contributed by atoms with van der Waals surface area (Å²) in [5.74, 6) is 0.994. The zero-order valence-electron chi connectivity index (χ0n) is 12.8. The van der Waals surface area contributed by atoms with Gasteiger partial charge in [0.2, 0.25) is 0 Å². The third-order valence-corrected chi connectivity index (χ3v) is 3.70. The minimum atomic E-state index is -0.365. The topological polar surface area (TPSA) is 64.4 Å². The van der Waals surface area contributed by atoms with E-state index in [2.05, 4.69) is 19.2 Å². The van der Waals surface area contributed by atoms with Crippen LogP contribution in [0.25, 0.3) is 0 Å². The van der Waals surface area contributed by atoms with Gasteiger partial charge in [0, 0.05) is 12.6 Å². The Balaban J connectivity index is 2.07. The molecular weight excluding hydrogens is 268 g/mol. The summed E-state index contributed by atoms with van der Waals surface area (Å²) < 4.78 is 5.87. The van der Waals surface area contributed by atoms with E-state index < -0.39 is 0 Å². The highest BCUT2D eigenvalue weighted by atomic mass is 16.6. The molecule has 1 fully saturated rings. The van der Waals surface area contributed by atoms with Crippen molar-refractivity contribution in [2.45, 2.75) is 52.2 Å². The quantitative estimate of drug-likeness (QED) is 0.615. The molecule has 21 heavy (non-hydrogen) atoms. The lowest BCUT2D eigenvalue weighted by atomic mass is 10.1. The predicted octanol–water partition coefficient (Wildman–Crippen LogP) is 3.66. The van der Waals surface area contributed by atoms with Crippen molar-refractivity contribution in [2.24, 2.45) is 5.92 Å². The van der Waals surface area contributed by atoms with Gasteiger partial charge in [-0.25, -0.2) is 0 Å². The second kappa shape index (κ2) is 7.41. The van der Waals surface area contributed by atoms with E-state index in [1.54, 1.807) is 12.1 Å². The Morgan fingerprint density at radius 1 is 1.38 bits per heavy atom. The van der Waals surface area contributed by atoms with Crippen LogP contribution in [-0.4, -0.2) is 17.6 Å². The highest BCUT2D eigenvalue weighted by Gasteiger charge is 2.22. The van der Waals surface area contributed by atoms with Crippen LogP contribution in [0.4, 0.5) is 5.69 Å². The molecular formula is C16H24N2O3. The summed E-state index contributed by atoms with van der Waals surface area (Å²) >= 11 is 0. The molecule has 0 atom stereocenters. The fourth-order valence-corrected chi connectivity index (χ4v) is 2.60. The number of nitrogens with zero attached hydrogens (tertiary/aromatic N) is 1. The lowest BCUT2D eigenvalue weighted by Crippen LogP contribution is -2.19. The van der Waals surface area contributed by atoms with Gasteiger partial charge in [-0.05, 0) is 49.8 Å². The molecule has 116 valence electrons. The Kier molecular flexibility index (Phi) is 5.56. The Morgan fingerprint density at radius 3 is 2.71 bits per heavy atom. The number of rotatable bonds is 7. The largest absolute Gasteiger partial charge is 0.483 e. The van der Waals surface area contributed by atoms with E-state index >= 15 is 0 Å². The van der Waals surface area contributed by atoms with Crippen LogP contribution in [0.3, 0.4) is 0 Å². The van der Waals surface area contributed by atoms with Crippen molar-refractivity contribution in [2.75, 3.05) is 6.54 Å². The van der Waals surface area contributed by atoms with E-state index in [1.807, 2.05) is 6.07 Å². The first-order valence-corrected chi connectivity index (χ1v) is 7.71. The minimum absolute atomic E-state index is 0.0644. The molecule has 0 aliphatic heterocycles. The number of nitro groups is 1. The summed E-state index contributed by atoms with van der Waals surface area (Å²) in [4.78, 5) is 10.8. The smallest absolute Gasteiger partial charge is 0.310 e. The van der Waals surface area contributed by atoms with Gasteiger partial charge in [0.05, 0.1) is 11.0 Å². The first-order valence-electron chi connectivity index (χ1n) is 7.71. The standard InChI is InChI=1S/C16H24N2O3/c1-12(2)10-17-11-13-7-8-15(18(19)20)16(9-13)21-14-5-3-4-6-14/h7-9,12,14,17H,3-6,10-11H2,1-2H3. The summed E-state index contributed by atoms with van der Waals surface area (Å²) in [6.45, 7) is 5.93. The summed E-state index contributed by atoms with van der Waals surface area (Å²) in [5, 5.41) is 14.5. The number of nitro benzene ring substituents is 1. The molecule has 0 aromatic heterocycles. The van der Waals surface area contributed by atoms with Crippen molar-refractivity contribution in [3.8, 4) is 5.75 Å². The zero-order valence-corrected chi connectivity index (χ0v) is 12.8. The molecule has 0 amide bonds. The highest BCUT2D eigenvalue weighted by molar-refractivity contribution is 5.48. The molecule has 0 bridgehead atoms. The van der Waals surface area contributed by atoms with Crippen molar-refractivity contribution < 1.29 is 9.66 Å². The van der Waals surface area contributed by atoms with Crippen molar-refractivity contribution >= 4 is 5.69 Å². The molecule has 0 unspecified atom stereocenters. The molecule has 1 saturated carbocycles. The second-order valence-electron chi connectivity index (χ2n) is 6.11. The summed E-state index contributed by atoms with van der Waals surface area (Å²) in [6, 6.07) is 5.16. The maximum absolute atomic E-state index is 11.1. The van der Waals surface area contributed by atoms with Crippen molar-refractivity contribution in [3.05, 3.63) is 33.9 Å². The molecule has 2 rings (SSSR count). The minimum Gasteiger partial charge on any atom is -0.483 e. The SMILES string of the molecule is CC(C)CNCc1ccc([N+](=O)[O-])c(OC2CCCC2)c1. The third kappa shape index (κ3) is 4.70. The number of hydrogen-bond donors (Lipinski definition) is 1. The van der Waals surface area contributed by atoms with Gasteiger partial charge < -0.3 is 10.1 Å². The molecule has 1 N–H and O–H groups in total. The average Bonchev–Trinajstić information content (AvgIpc) is 2.91. The fraction of sp³-hybridized carbons (Fsp3) is 0.625. The molecule has 1 aliphatic rings.